The minimum atomic E-state index is -0.149. The number of rotatable bonds is 8. The highest BCUT2D eigenvalue weighted by molar-refractivity contribution is 14.0. The number of halogens is 1. The first-order valence-electron chi connectivity index (χ1n) is 10.2. The van der Waals surface area contributed by atoms with Crippen LogP contribution in [0.15, 0.2) is 23.2 Å². The van der Waals surface area contributed by atoms with Crippen LogP contribution in [-0.4, -0.2) is 56.7 Å². The third-order valence-corrected chi connectivity index (χ3v) is 4.79. The molecule has 1 amide bonds. The largest absolute Gasteiger partial charge is 0.493 e. The summed E-state index contributed by atoms with van der Waals surface area (Å²) in [5, 5.41) is 6.11. The summed E-state index contributed by atoms with van der Waals surface area (Å²) in [4.78, 5) is 18.7. The van der Waals surface area contributed by atoms with Crippen molar-refractivity contribution in [1.82, 2.24) is 15.5 Å². The molecule has 1 aliphatic rings. The average Bonchev–Trinajstić information content (AvgIpc) is 2.70. The van der Waals surface area contributed by atoms with Crippen molar-refractivity contribution >= 4 is 35.8 Å². The Kier molecular flexibility index (Phi) is 11.8. The van der Waals surface area contributed by atoms with Crippen molar-refractivity contribution in [2.24, 2.45) is 10.9 Å². The molecule has 1 aromatic rings. The number of nitrogens with one attached hydrogen (secondary N) is 2. The van der Waals surface area contributed by atoms with Crippen LogP contribution in [0.25, 0.3) is 0 Å². The van der Waals surface area contributed by atoms with Crippen LogP contribution < -0.4 is 20.1 Å². The maximum absolute atomic E-state index is 11.6. The summed E-state index contributed by atoms with van der Waals surface area (Å²) in [5.41, 5.74) is 1.03. The van der Waals surface area contributed by atoms with E-state index in [1.807, 2.05) is 25.1 Å². The predicted molar refractivity (Wildman–Crippen MR) is 127 cm³/mol. The Bertz CT molecular complexity index is 661. The zero-order valence-corrected chi connectivity index (χ0v) is 20.3. The van der Waals surface area contributed by atoms with E-state index in [0.717, 1.165) is 37.1 Å². The molecule has 1 heterocycles. The van der Waals surface area contributed by atoms with Crippen LogP contribution in [0, 0.1) is 5.92 Å². The maximum Gasteiger partial charge on any atom is 0.257 e. The summed E-state index contributed by atoms with van der Waals surface area (Å²) < 4.78 is 11.0. The van der Waals surface area contributed by atoms with Crippen LogP contribution in [0.2, 0.25) is 0 Å². The summed E-state index contributed by atoms with van der Waals surface area (Å²) in [5.74, 6) is 2.76. The molecule has 2 rings (SSSR count). The summed E-state index contributed by atoms with van der Waals surface area (Å²) >= 11 is 0. The minimum absolute atomic E-state index is 0. The van der Waals surface area contributed by atoms with E-state index >= 15 is 0 Å². The fourth-order valence-corrected chi connectivity index (χ4v) is 3.13. The quantitative estimate of drug-likeness (QED) is 0.315. The van der Waals surface area contributed by atoms with E-state index in [2.05, 4.69) is 29.4 Å². The molecule has 0 atom stereocenters. The Morgan fingerprint density at radius 1 is 1.17 bits per heavy atom. The third kappa shape index (κ3) is 8.28. The SMILES string of the molecule is CCNC(=O)COc1ccc(CN=C(NCC)N2CCC(C)CC2)cc1OC.I. The number of benzene rings is 1. The fraction of sp³-hybridized carbons (Fsp3) is 0.619. The number of carbonyl (C=O) groups excluding carboxylic acids is 1. The molecule has 1 fully saturated rings. The zero-order valence-electron chi connectivity index (χ0n) is 18.0. The van der Waals surface area contributed by atoms with Crippen LogP contribution in [0.3, 0.4) is 0 Å². The van der Waals surface area contributed by atoms with Gasteiger partial charge in [-0.25, -0.2) is 4.99 Å². The molecule has 0 unspecified atom stereocenters. The molecule has 0 radical (unpaired) electrons. The lowest BCUT2D eigenvalue weighted by atomic mass is 10.00. The molecule has 164 valence electrons. The minimum Gasteiger partial charge on any atom is -0.493 e. The summed E-state index contributed by atoms with van der Waals surface area (Å²) in [7, 11) is 1.60. The molecule has 1 aromatic carbocycles. The number of guanidine groups is 1. The van der Waals surface area contributed by atoms with Gasteiger partial charge in [-0.05, 0) is 50.3 Å². The van der Waals surface area contributed by atoms with Gasteiger partial charge in [0.15, 0.2) is 24.1 Å². The number of likely N-dealkylation sites (tertiary alicyclic amines) is 1. The topological polar surface area (TPSA) is 75.2 Å². The van der Waals surface area contributed by atoms with E-state index in [4.69, 9.17) is 14.5 Å². The molecule has 0 aliphatic carbocycles. The van der Waals surface area contributed by atoms with Gasteiger partial charge >= 0.3 is 0 Å². The number of methoxy groups -OCH3 is 1. The molecule has 7 nitrogen and oxygen atoms in total. The smallest absolute Gasteiger partial charge is 0.257 e. The first-order valence-corrected chi connectivity index (χ1v) is 10.2. The Morgan fingerprint density at radius 3 is 2.48 bits per heavy atom. The van der Waals surface area contributed by atoms with Crippen molar-refractivity contribution in [2.45, 2.75) is 40.2 Å². The van der Waals surface area contributed by atoms with Gasteiger partial charge in [-0.3, -0.25) is 4.79 Å². The second-order valence-corrected chi connectivity index (χ2v) is 7.07. The van der Waals surface area contributed by atoms with Crippen LogP contribution in [-0.2, 0) is 11.3 Å². The van der Waals surface area contributed by atoms with Crippen LogP contribution in [0.5, 0.6) is 11.5 Å². The number of amides is 1. The van der Waals surface area contributed by atoms with Crippen LogP contribution >= 0.6 is 24.0 Å². The molecule has 1 aliphatic heterocycles. The molecular weight excluding hydrogens is 483 g/mol. The number of likely N-dealkylation sites (N-methyl/N-ethyl adjacent to an activating group) is 1. The normalized spacial score (nSPS) is 14.8. The van der Waals surface area contributed by atoms with Gasteiger partial charge in [-0.15, -0.1) is 24.0 Å². The zero-order chi connectivity index (χ0) is 20.4. The first kappa shape index (κ1) is 25.3. The Hall–Kier alpha value is -1.71. The van der Waals surface area contributed by atoms with E-state index in [9.17, 15) is 4.79 Å². The van der Waals surface area contributed by atoms with E-state index in [1.165, 1.54) is 12.8 Å². The first-order chi connectivity index (χ1) is 13.6. The average molecular weight is 518 g/mol. The van der Waals surface area contributed by atoms with Crippen molar-refractivity contribution in [3.63, 3.8) is 0 Å². The van der Waals surface area contributed by atoms with Gasteiger partial charge in [0.25, 0.3) is 5.91 Å². The van der Waals surface area contributed by atoms with Gasteiger partial charge in [0.2, 0.25) is 0 Å². The maximum atomic E-state index is 11.6. The van der Waals surface area contributed by atoms with Gasteiger partial charge in [-0.1, -0.05) is 13.0 Å². The second-order valence-electron chi connectivity index (χ2n) is 7.07. The molecular formula is C21H35IN4O3. The van der Waals surface area contributed by atoms with Crippen LogP contribution in [0.4, 0.5) is 0 Å². The molecule has 1 saturated heterocycles. The molecule has 0 bridgehead atoms. The van der Waals surface area contributed by atoms with Gasteiger partial charge in [-0.2, -0.15) is 0 Å². The number of nitrogens with zero attached hydrogens (tertiary/aromatic N) is 2. The van der Waals surface area contributed by atoms with Crippen molar-refractivity contribution in [3.05, 3.63) is 23.8 Å². The van der Waals surface area contributed by atoms with Crippen molar-refractivity contribution in [1.29, 1.82) is 0 Å². The monoisotopic (exact) mass is 518 g/mol. The van der Waals surface area contributed by atoms with Crippen molar-refractivity contribution in [2.75, 3.05) is 39.9 Å². The van der Waals surface area contributed by atoms with E-state index in [-0.39, 0.29) is 36.5 Å². The van der Waals surface area contributed by atoms with Crippen molar-refractivity contribution in [3.8, 4) is 11.5 Å². The highest BCUT2D eigenvalue weighted by atomic mass is 127. The molecule has 2 N–H and O–H groups in total. The van der Waals surface area contributed by atoms with Crippen LogP contribution in [0.1, 0.15) is 39.2 Å². The van der Waals surface area contributed by atoms with Gasteiger partial charge in [0, 0.05) is 26.2 Å². The van der Waals surface area contributed by atoms with E-state index in [0.29, 0.717) is 24.6 Å². The Labute approximate surface area is 191 Å². The Morgan fingerprint density at radius 2 is 1.86 bits per heavy atom. The summed E-state index contributed by atoms with van der Waals surface area (Å²) in [6.45, 7) is 10.3. The van der Waals surface area contributed by atoms with Gasteiger partial charge in [0.1, 0.15) is 0 Å². The van der Waals surface area contributed by atoms with Gasteiger partial charge < -0.3 is 25.0 Å². The van der Waals surface area contributed by atoms with E-state index < -0.39 is 0 Å². The lowest BCUT2D eigenvalue weighted by Gasteiger charge is -2.33. The molecule has 0 saturated carbocycles. The number of hydrogen-bond donors (Lipinski definition) is 2. The fourth-order valence-electron chi connectivity index (χ4n) is 3.13. The summed E-state index contributed by atoms with van der Waals surface area (Å²) in [6, 6.07) is 5.71. The standard InChI is InChI=1S/C21H34N4O3.HI/c1-5-22-20(26)15-28-18-8-7-17(13-19(18)27-4)14-24-21(23-6-2)25-11-9-16(3)10-12-25;/h7-8,13,16H,5-6,9-12,14-15H2,1-4H3,(H,22,26)(H,23,24);1H. The number of piperidine rings is 1. The number of hydrogen-bond acceptors (Lipinski definition) is 4. The molecule has 0 aromatic heterocycles. The molecule has 29 heavy (non-hydrogen) atoms. The summed E-state index contributed by atoms with van der Waals surface area (Å²) in [6.07, 6.45) is 2.41. The highest BCUT2D eigenvalue weighted by Crippen LogP contribution is 2.28. The number of aliphatic imine (C=N–C) groups is 1. The molecule has 8 heteroatoms. The Balaban J connectivity index is 0.00000420. The van der Waals surface area contributed by atoms with Crippen molar-refractivity contribution < 1.29 is 14.3 Å². The third-order valence-electron chi connectivity index (χ3n) is 4.79. The van der Waals surface area contributed by atoms with E-state index in [1.54, 1.807) is 7.11 Å². The lowest BCUT2D eigenvalue weighted by Crippen LogP contribution is -2.45. The second kappa shape index (κ2) is 13.5. The number of ether oxygens (including phenoxy) is 2. The number of carbonyl (C=O) groups is 1. The molecule has 0 spiro atoms. The highest BCUT2D eigenvalue weighted by Gasteiger charge is 2.18. The van der Waals surface area contributed by atoms with Gasteiger partial charge in [0.05, 0.1) is 13.7 Å². The lowest BCUT2D eigenvalue weighted by molar-refractivity contribution is -0.123. The predicted octanol–water partition coefficient (Wildman–Crippen LogP) is 3.03.